The summed E-state index contributed by atoms with van der Waals surface area (Å²) in [6, 6.07) is 4.89. The van der Waals surface area contributed by atoms with E-state index in [-0.39, 0.29) is 17.0 Å². The summed E-state index contributed by atoms with van der Waals surface area (Å²) in [6.45, 7) is 3.32. The van der Waals surface area contributed by atoms with E-state index < -0.39 is 5.66 Å². The third kappa shape index (κ3) is 4.34. The van der Waals surface area contributed by atoms with E-state index in [1.807, 2.05) is 6.92 Å². The van der Waals surface area contributed by atoms with E-state index in [4.69, 9.17) is 28.9 Å². The maximum Gasteiger partial charge on any atom is 0.256 e. The minimum atomic E-state index is -0.443. The first-order valence-corrected chi connectivity index (χ1v) is 9.15. The molecule has 2 rings (SSSR count). The van der Waals surface area contributed by atoms with Crippen molar-refractivity contribution in [3.8, 4) is 0 Å². The second kappa shape index (κ2) is 8.08. The molecule has 0 saturated carbocycles. The number of nitrogens with zero attached hydrogens (tertiary/aromatic N) is 1. The van der Waals surface area contributed by atoms with Gasteiger partial charge in [0.1, 0.15) is 0 Å². The highest BCUT2D eigenvalue weighted by atomic mass is 35.5. The van der Waals surface area contributed by atoms with Gasteiger partial charge in [0.25, 0.3) is 5.91 Å². The minimum Gasteiger partial charge on any atom is -0.325 e. The Morgan fingerprint density at radius 2 is 2.22 bits per heavy atom. The van der Waals surface area contributed by atoms with Crippen LogP contribution in [0.5, 0.6) is 0 Å². The van der Waals surface area contributed by atoms with Gasteiger partial charge in [-0.3, -0.25) is 10.1 Å². The lowest BCUT2D eigenvalue weighted by Crippen LogP contribution is -2.63. The molecule has 1 saturated heterocycles. The number of nitrogens with two attached hydrogens (primary N) is 1. The highest BCUT2D eigenvalue weighted by molar-refractivity contribution is 7.80. The number of hydrogen-bond acceptors (Lipinski definition) is 4. The van der Waals surface area contributed by atoms with Crippen molar-refractivity contribution in [3.63, 3.8) is 0 Å². The molecule has 1 aliphatic heterocycles. The van der Waals surface area contributed by atoms with Crippen molar-refractivity contribution in [2.24, 2.45) is 5.73 Å². The summed E-state index contributed by atoms with van der Waals surface area (Å²) in [5.74, 6) is 0.343. The number of nitrogens with one attached hydrogen (secondary N) is 1. The summed E-state index contributed by atoms with van der Waals surface area (Å²) in [5.41, 5.74) is 6.03. The van der Waals surface area contributed by atoms with Gasteiger partial charge in [0.05, 0.1) is 21.3 Å². The van der Waals surface area contributed by atoms with E-state index in [9.17, 15) is 4.79 Å². The van der Waals surface area contributed by atoms with Gasteiger partial charge in [-0.2, -0.15) is 12.6 Å². The highest BCUT2D eigenvalue weighted by Crippen LogP contribution is 2.30. The second-order valence-corrected chi connectivity index (χ2v) is 7.27. The van der Waals surface area contributed by atoms with Gasteiger partial charge in [-0.25, -0.2) is 0 Å². The second-order valence-electron chi connectivity index (χ2n) is 6.12. The number of hydrogen-bond donors (Lipinski definition) is 3. The zero-order chi connectivity index (χ0) is 17.0. The van der Waals surface area contributed by atoms with Crippen molar-refractivity contribution in [3.05, 3.63) is 33.8 Å². The van der Waals surface area contributed by atoms with E-state index in [1.54, 1.807) is 23.1 Å². The Labute approximate surface area is 153 Å². The van der Waals surface area contributed by atoms with Crippen LogP contribution in [0.2, 0.25) is 10.0 Å². The molecule has 0 aliphatic carbocycles. The topological polar surface area (TPSA) is 58.4 Å². The molecule has 128 valence electrons. The molecule has 1 unspecified atom stereocenters. The van der Waals surface area contributed by atoms with Crippen LogP contribution in [-0.2, 0) is 0 Å². The molecule has 1 aromatic carbocycles. The summed E-state index contributed by atoms with van der Waals surface area (Å²) in [4.78, 5) is 14.9. The number of benzene rings is 1. The lowest BCUT2D eigenvalue weighted by atomic mass is 9.96. The zero-order valence-electron chi connectivity index (χ0n) is 13.2. The average Bonchev–Trinajstić information content (AvgIpc) is 2.55. The van der Waals surface area contributed by atoms with Crippen LogP contribution in [0.25, 0.3) is 0 Å². The SMILES string of the molecule is CC1(N(C[C@@H](N)CS)C(=O)c2cccc(Cl)c2Cl)CCCCN1. The van der Waals surface area contributed by atoms with E-state index >= 15 is 0 Å². The largest absolute Gasteiger partial charge is 0.325 e. The average molecular weight is 376 g/mol. The van der Waals surface area contributed by atoms with Crippen LogP contribution in [-0.4, -0.2) is 41.4 Å². The molecule has 1 aliphatic rings. The molecule has 3 N–H and O–H groups in total. The smallest absolute Gasteiger partial charge is 0.256 e. The number of carbonyl (C=O) groups is 1. The molecule has 2 atom stereocenters. The van der Waals surface area contributed by atoms with Crippen molar-refractivity contribution in [2.45, 2.75) is 37.9 Å². The van der Waals surface area contributed by atoms with Crippen molar-refractivity contribution < 1.29 is 4.79 Å². The number of carbonyl (C=O) groups excluding carboxylic acids is 1. The third-order valence-electron chi connectivity index (χ3n) is 4.27. The van der Waals surface area contributed by atoms with Crippen molar-refractivity contribution in [1.82, 2.24) is 10.2 Å². The molecule has 0 spiro atoms. The fraction of sp³-hybridized carbons (Fsp3) is 0.562. The first kappa shape index (κ1) is 18.9. The number of thiol groups is 1. The molecule has 7 heteroatoms. The predicted molar refractivity (Wildman–Crippen MR) is 99.6 cm³/mol. The Balaban J connectivity index is 2.36. The summed E-state index contributed by atoms with van der Waals surface area (Å²) >= 11 is 16.5. The van der Waals surface area contributed by atoms with Crippen LogP contribution in [0.3, 0.4) is 0 Å². The maximum atomic E-state index is 13.1. The molecule has 0 radical (unpaired) electrons. The van der Waals surface area contributed by atoms with Gasteiger partial charge in [-0.15, -0.1) is 0 Å². The van der Waals surface area contributed by atoms with Gasteiger partial charge >= 0.3 is 0 Å². The van der Waals surface area contributed by atoms with Crippen LogP contribution in [0.15, 0.2) is 18.2 Å². The molecular weight excluding hydrogens is 353 g/mol. The Kier molecular flexibility index (Phi) is 6.63. The lowest BCUT2D eigenvalue weighted by Gasteiger charge is -2.45. The highest BCUT2D eigenvalue weighted by Gasteiger charge is 2.38. The van der Waals surface area contributed by atoms with Gasteiger partial charge in [0.2, 0.25) is 0 Å². The predicted octanol–water partition coefficient (Wildman–Crippen LogP) is 3.18. The van der Waals surface area contributed by atoms with Crippen LogP contribution >= 0.6 is 35.8 Å². The first-order chi connectivity index (χ1) is 10.9. The molecule has 0 aromatic heterocycles. The van der Waals surface area contributed by atoms with Gasteiger partial charge < -0.3 is 10.6 Å². The van der Waals surface area contributed by atoms with Crippen molar-refractivity contribution in [2.75, 3.05) is 18.8 Å². The normalized spacial score (nSPS) is 22.7. The van der Waals surface area contributed by atoms with Gasteiger partial charge in [0.15, 0.2) is 0 Å². The number of halogens is 2. The van der Waals surface area contributed by atoms with E-state index in [0.29, 0.717) is 22.9 Å². The van der Waals surface area contributed by atoms with E-state index in [0.717, 1.165) is 25.8 Å². The number of rotatable bonds is 5. The fourth-order valence-corrected chi connectivity index (χ4v) is 3.38. The summed E-state index contributed by atoms with van der Waals surface area (Å²) in [6.07, 6.45) is 3.04. The third-order valence-corrected chi connectivity index (χ3v) is 5.56. The van der Waals surface area contributed by atoms with Crippen LogP contribution in [0, 0.1) is 0 Å². The molecule has 1 amide bonds. The molecule has 1 aromatic rings. The first-order valence-electron chi connectivity index (χ1n) is 7.76. The number of amides is 1. The standard InChI is InChI=1S/C16H23Cl2N3OS/c1-16(7-2-3-8-20-16)21(9-11(19)10-23)15(22)12-5-4-6-13(17)14(12)18/h4-6,11,20,23H,2-3,7-10,19H2,1H3/t11-,16?/m1/s1. The van der Waals surface area contributed by atoms with Gasteiger partial charge in [0, 0.05) is 18.3 Å². The monoisotopic (exact) mass is 375 g/mol. The van der Waals surface area contributed by atoms with Crippen molar-refractivity contribution in [1.29, 1.82) is 0 Å². The Morgan fingerprint density at radius 1 is 1.48 bits per heavy atom. The number of piperidine rings is 1. The lowest BCUT2D eigenvalue weighted by molar-refractivity contribution is 0.0293. The zero-order valence-corrected chi connectivity index (χ0v) is 15.6. The van der Waals surface area contributed by atoms with E-state index in [1.165, 1.54) is 0 Å². The molecule has 0 bridgehead atoms. The van der Waals surface area contributed by atoms with E-state index in [2.05, 4.69) is 17.9 Å². The summed E-state index contributed by atoms with van der Waals surface area (Å²) in [5, 5.41) is 4.11. The van der Waals surface area contributed by atoms with Crippen LogP contribution in [0.1, 0.15) is 36.5 Å². The quantitative estimate of drug-likeness (QED) is 0.692. The molecule has 1 heterocycles. The Hall–Kier alpha value is -0.460. The summed E-state index contributed by atoms with van der Waals surface area (Å²) < 4.78 is 0. The Bertz CT molecular complexity index is 564. The van der Waals surface area contributed by atoms with Gasteiger partial charge in [-0.05, 0) is 44.9 Å². The molecule has 23 heavy (non-hydrogen) atoms. The van der Waals surface area contributed by atoms with Crippen LogP contribution in [0.4, 0.5) is 0 Å². The minimum absolute atomic E-state index is 0.161. The molecule has 4 nitrogen and oxygen atoms in total. The van der Waals surface area contributed by atoms with Crippen molar-refractivity contribution >= 4 is 41.7 Å². The molecule has 1 fully saturated rings. The maximum absolute atomic E-state index is 13.1. The molecular formula is C16H23Cl2N3OS. The Morgan fingerprint density at radius 3 is 2.83 bits per heavy atom. The fourth-order valence-electron chi connectivity index (χ4n) is 2.89. The van der Waals surface area contributed by atoms with Crippen LogP contribution < -0.4 is 11.1 Å². The van der Waals surface area contributed by atoms with Gasteiger partial charge in [-0.1, -0.05) is 29.3 Å². The summed E-state index contributed by atoms with van der Waals surface area (Å²) in [7, 11) is 0.